The molecule has 0 atom stereocenters. The van der Waals surface area contributed by atoms with Crippen LogP contribution >= 0.6 is 15.9 Å². The van der Waals surface area contributed by atoms with E-state index in [2.05, 4.69) is 26.2 Å². The fourth-order valence-electron chi connectivity index (χ4n) is 2.66. The van der Waals surface area contributed by atoms with Crippen molar-refractivity contribution in [3.8, 4) is 11.3 Å². The van der Waals surface area contributed by atoms with Gasteiger partial charge in [-0.05, 0) is 30.3 Å². The first-order valence-corrected chi connectivity index (χ1v) is 8.70. The number of carbonyl (C=O) groups excluding carboxylic acids is 1. The molecule has 4 aromatic rings. The Morgan fingerprint density at radius 2 is 1.88 bits per heavy atom. The van der Waals surface area contributed by atoms with E-state index in [0.29, 0.717) is 15.7 Å². The van der Waals surface area contributed by atoms with Crippen molar-refractivity contribution in [2.24, 2.45) is 0 Å². The molecule has 0 saturated carbocycles. The number of amides is 1. The van der Waals surface area contributed by atoms with Crippen molar-refractivity contribution in [3.05, 3.63) is 88.9 Å². The van der Waals surface area contributed by atoms with Gasteiger partial charge in [-0.25, -0.2) is 9.37 Å². The monoisotopic (exact) mass is 409 g/mol. The van der Waals surface area contributed by atoms with Crippen LogP contribution in [-0.4, -0.2) is 15.3 Å². The zero-order valence-electron chi connectivity index (χ0n) is 13.5. The van der Waals surface area contributed by atoms with Crippen LogP contribution in [0.4, 0.5) is 10.1 Å². The van der Waals surface area contributed by atoms with Gasteiger partial charge in [0.25, 0.3) is 5.91 Å². The lowest BCUT2D eigenvalue weighted by Crippen LogP contribution is -2.13. The second-order valence-electron chi connectivity index (χ2n) is 5.75. The molecule has 0 aliphatic heterocycles. The number of imidazole rings is 1. The predicted molar refractivity (Wildman–Crippen MR) is 103 cm³/mol. The van der Waals surface area contributed by atoms with Gasteiger partial charge in [0.2, 0.25) is 0 Å². The van der Waals surface area contributed by atoms with E-state index in [-0.39, 0.29) is 5.69 Å². The highest BCUT2D eigenvalue weighted by atomic mass is 79.9. The Hall–Kier alpha value is -2.99. The van der Waals surface area contributed by atoms with Gasteiger partial charge in [0.15, 0.2) is 0 Å². The van der Waals surface area contributed by atoms with Crippen LogP contribution in [0.1, 0.15) is 10.4 Å². The number of nitrogens with zero attached hydrogens (tertiary/aromatic N) is 2. The van der Waals surface area contributed by atoms with Crippen LogP contribution in [0, 0.1) is 5.82 Å². The molecule has 4 nitrogen and oxygen atoms in total. The van der Waals surface area contributed by atoms with Crippen molar-refractivity contribution in [2.75, 3.05) is 5.32 Å². The van der Waals surface area contributed by atoms with Gasteiger partial charge in [0.05, 0.1) is 11.4 Å². The van der Waals surface area contributed by atoms with Gasteiger partial charge in [0, 0.05) is 28.0 Å². The van der Waals surface area contributed by atoms with E-state index in [1.165, 1.54) is 12.1 Å². The minimum Gasteiger partial charge on any atom is -0.319 e. The molecule has 128 valence electrons. The molecule has 1 amide bonds. The maximum Gasteiger partial charge on any atom is 0.255 e. The number of aromatic nitrogens is 2. The Balaban J connectivity index is 1.63. The Bertz CT molecular complexity index is 1110. The third kappa shape index (κ3) is 3.23. The topological polar surface area (TPSA) is 46.4 Å². The van der Waals surface area contributed by atoms with E-state index in [1.807, 2.05) is 40.9 Å². The number of hydrogen-bond donors (Lipinski definition) is 1. The third-order valence-corrected chi connectivity index (χ3v) is 4.46. The van der Waals surface area contributed by atoms with E-state index in [9.17, 15) is 9.18 Å². The van der Waals surface area contributed by atoms with Gasteiger partial charge in [-0.15, -0.1) is 0 Å². The van der Waals surface area contributed by atoms with Crippen molar-refractivity contribution < 1.29 is 9.18 Å². The minimum absolute atomic E-state index is 0.131. The number of fused-ring (bicyclic) bond motifs is 1. The van der Waals surface area contributed by atoms with Gasteiger partial charge >= 0.3 is 0 Å². The molecule has 1 N–H and O–H groups in total. The lowest BCUT2D eigenvalue weighted by molar-refractivity contribution is 0.102. The second-order valence-corrected chi connectivity index (χ2v) is 6.67. The Kier molecular flexibility index (Phi) is 4.26. The van der Waals surface area contributed by atoms with Crippen LogP contribution < -0.4 is 5.32 Å². The first-order chi connectivity index (χ1) is 12.6. The van der Waals surface area contributed by atoms with Gasteiger partial charge in [-0.2, -0.15) is 0 Å². The zero-order valence-corrected chi connectivity index (χ0v) is 15.1. The first-order valence-electron chi connectivity index (χ1n) is 7.91. The quantitative estimate of drug-likeness (QED) is 0.508. The lowest BCUT2D eigenvalue weighted by atomic mass is 10.2. The molecule has 26 heavy (non-hydrogen) atoms. The molecule has 2 heterocycles. The molecule has 4 rings (SSSR count). The maximum absolute atomic E-state index is 13.9. The lowest BCUT2D eigenvalue weighted by Gasteiger charge is -2.07. The molecule has 2 aromatic heterocycles. The highest BCUT2D eigenvalue weighted by Gasteiger charge is 2.12. The Labute approximate surface area is 157 Å². The number of benzene rings is 2. The molecule has 0 unspecified atom stereocenters. The SMILES string of the molecule is O=C(Nc1ccc(Br)cc1F)c1ccn2cc(-c3ccccc3)nc2c1. The van der Waals surface area contributed by atoms with Crippen molar-refractivity contribution in [3.63, 3.8) is 0 Å². The molecule has 0 spiro atoms. The number of hydrogen-bond acceptors (Lipinski definition) is 2. The number of nitrogens with one attached hydrogen (secondary N) is 1. The van der Waals surface area contributed by atoms with Gasteiger partial charge < -0.3 is 9.72 Å². The van der Waals surface area contributed by atoms with Crippen LogP contribution in [0.3, 0.4) is 0 Å². The van der Waals surface area contributed by atoms with E-state index < -0.39 is 11.7 Å². The molecule has 0 fully saturated rings. The minimum atomic E-state index is -0.499. The highest BCUT2D eigenvalue weighted by molar-refractivity contribution is 9.10. The average molecular weight is 410 g/mol. The summed E-state index contributed by atoms with van der Waals surface area (Å²) < 4.78 is 16.4. The van der Waals surface area contributed by atoms with Crippen molar-refractivity contribution in [1.29, 1.82) is 0 Å². The molecular weight excluding hydrogens is 397 g/mol. The van der Waals surface area contributed by atoms with E-state index in [1.54, 1.807) is 24.4 Å². The predicted octanol–water partition coefficient (Wildman–Crippen LogP) is 5.16. The molecule has 0 bridgehead atoms. The zero-order chi connectivity index (χ0) is 18.1. The largest absolute Gasteiger partial charge is 0.319 e. The van der Waals surface area contributed by atoms with Crippen LogP contribution in [0.15, 0.2) is 77.5 Å². The standard InChI is InChI=1S/C20H13BrFN3O/c21-15-6-7-17(16(22)11-15)24-20(26)14-8-9-25-12-18(23-19(25)10-14)13-4-2-1-3-5-13/h1-12H,(H,24,26). The van der Waals surface area contributed by atoms with E-state index >= 15 is 0 Å². The van der Waals surface area contributed by atoms with Crippen LogP contribution in [0.25, 0.3) is 16.9 Å². The summed E-state index contributed by atoms with van der Waals surface area (Å²) in [4.78, 5) is 17.0. The molecule has 0 saturated heterocycles. The van der Waals surface area contributed by atoms with E-state index in [0.717, 1.165) is 11.3 Å². The summed E-state index contributed by atoms with van der Waals surface area (Å²) in [5.74, 6) is -0.890. The maximum atomic E-state index is 13.9. The fourth-order valence-corrected chi connectivity index (χ4v) is 2.99. The summed E-state index contributed by atoms with van der Waals surface area (Å²) in [6, 6.07) is 17.6. The third-order valence-electron chi connectivity index (χ3n) is 3.97. The smallest absolute Gasteiger partial charge is 0.255 e. The normalized spacial score (nSPS) is 10.8. The van der Waals surface area contributed by atoms with Crippen molar-refractivity contribution >= 4 is 33.2 Å². The van der Waals surface area contributed by atoms with Crippen LogP contribution in [0.5, 0.6) is 0 Å². The van der Waals surface area contributed by atoms with Crippen LogP contribution in [-0.2, 0) is 0 Å². The second kappa shape index (κ2) is 6.72. The number of halogens is 2. The van der Waals surface area contributed by atoms with E-state index in [4.69, 9.17) is 0 Å². The highest BCUT2D eigenvalue weighted by Crippen LogP contribution is 2.22. The fraction of sp³-hybridized carbons (Fsp3) is 0. The average Bonchev–Trinajstić information content (AvgIpc) is 3.08. The summed E-state index contributed by atoms with van der Waals surface area (Å²) in [5.41, 5.74) is 3.01. The summed E-state index contributed by atoms with van der Waals surface area (Å²) >= 11 is 3.19. The molecule has 0 aliphatic carbocycles. The molecule has 2 aromatic carbocycles. The van der Waals surface area contributed by atoms with Crippen molar-refractivity contribution in [2.45, 2.75) is 0 Å². The van der Waals surface area contributed by atoms with Gasteiger partial charge in [-0.1, -0.05) is 46.3 Å². The number of rotatable bonds is 3. The summed E-state index contributed by atoms with van der Waals surface area (Å²) in [6.07, 6.45) is 3.67. The number of pyridine rings is 1. The van der Waals surface area contributed by atoms with Gasteiger partial charge in [0.1, 0.15) is 11.5 Å². The molecular formula is C20H13BrFN3O. The number of carbonyl (C=O) groups is 1. The Morgan fingerprint density at radius 1 is 1.08 bits per heavy atom. The first kappa shape index (κ1) is 16.5. The molecule has 0 aliphatic rings. The Morgan fingerprint density at radius 3 is 2.65 bits per heavy atom. The number of anilines is 1. The van der Waals surface area contributed by atoms with Gasteiger partial charge in [-0.3, -0.25) is 4.79 Å². The van der Waals surface area contributed by atoms with Crippen LogP contribution in [0.2, 0.25) is 0 Å². The summed E-state index contributed by atoms with van der Waals surface area (Å²) in [5, 5.41) is 2.59. The summed E-state index contributed by atoms with van der Waals surface area (Å²) in [7, 11) is 0. The van der Waals surface area contributed by atoms with Crippen molar-refractivity contribution in [1.82, 2.24) is 9.38 Å². The molecule has 0 radical (unpaired) electrons. The molecule has 6 heteroatoms. The summed E-state index contributed by atoms with van der Waals surface area (Å²) in [6.45, 7) is 0.